The van der Waals surface area contributed by atoms with Gasteiger partial charge in [-0.05, 0) is 30.3 Å². The van der Waals surface area contributed by atoms with Crippen LogP contribution in [-0.2, 0) is 16.1 Å². The summed E-state index contributed by atoms with van der Waals surface area (Å²) in [5, 5.41) is 9.83. The zero-order valence-corrected chi connectivity index (χ0v) is 19.3. The monoisotopic (exact) mass is 472 g/mol. The van der Waals surface area contributed by atoms with Crippen molar-refractivity contribution in [3.05, 3.63) is 66.4 Å². The van der Waals surface area contributed by atoms with Crippen LogP contribution in [0.25, 0.3) is 11.0 Å². The first-order valence-corrected chi connectivity index (χ1v) is 11.6. The van der Waals surface area contributed by atoms with Crippen molar-refractivity contribution in [2.75, 3.05) is 44.5 Å². The third-order valence-corrected chi connectivity index (χ3v) is 6.22. The number of aromatic nitrogens is 2. The molecule has 0 aliphatic carbocycles. The summed E-state index contributed by atoms with van der Waals surface area (Å²) in [5.74, 6) is 0.330. The maximum Gasteiger partial charge on any atom is 0.330 e. The van der Waals surface area contributed by atoms with Crippen molar-refractivity contribution in [1.29, 1.82) is 5.26 Å². The minimum Gasteiger partial charge on any atom is -0.460 e. The van der Waals surface area contributed by atoms with Crippen molar-refractivity contribution in [2.24, 2.45) is 0 Å². The quantitative estimate of drug-likeness (QED) is 0.409. The Labute approximate surface area is 203 Å². The lowest BCUT2D eigenvalue weighted by atomic mass is 10.1. The minimum absolute atomic E-state index is 0.0370. The van der Waals surface area contributed by atoms with E-state index in [1.54, 1.807) is 0 Å². The molecule has 1 atom stereocenters. The Balaban J connectivity index is 1.36. The van der Waals surface area contributed by atoms with Crippen LogP contribution in [0.2, 0.25) is 0 Å². The van der Waals surface area contributed by atoms with Crippen LogP contribution in [0.4, 0.5) is 5.82 Å². The molecule has 1 N–H and O–H groups in total. The highest BCUT2D eigenvalue weighted by Crippen LogP contribution is 2.32. The number of anilines is 1. The fourth-order valence-corrected chi connectivity index (χ4v) is 4.43. The zero-order chi connectivity index (χ0) is 24.2. The van der Waals surface area contributed by atoms with E-state index in [2.05, 4.69) is 28.6 Å². The van der Waals surface area contributed by atoms with E-state index in [-0.39, 0.29) is 13.4 Å². The number of rotatable bonds is 7. The number of nitriles is 1. The summed E-state index contributed by atoms with van der Waals surface area (Å²) in [6.45, 7) is 7.94. The third-order valence-electron chi connectivity index (χ3n) is 6.22. The highest BCUT2D eigenvalue weighted by molar-refractivity contribution is 5.85. The first-order valence-electron chi connectivity index (χ1n) is 11.6. The Hall–Kier alpha value is -4.16. The SMILES string of the molecule is C=CCOC(=O)[C@@H](C#N)c1nc2ccccc2nc1N1CC[NH+](Cc2ccc3c(c2)OCO3)CC1. The second-order valence-electron chi connectivity index (χ2n) is 8.50. The Morgan fingerprint density at radius 2 is 1.91 bits per heavy atom. The summed E-state index contributed by atoms with van der Waals surface area (Å²) >= 11 is 0. The van der Waals surface area contributed by atoms with Gasteiger partial charge in [0.2, 0.25) is 6.79 Å². The predicted molar refractivity (Wildman–Crippen MR) is 128 cm³/mol. The average Bonchev–Trinajstić information content (AvgIpc) is 3.36. The number of nitrogens with one attached hydrogen (secondary N) is 1. The molecule has 0 radical (unpaired) electrons. The average molecular weight is 473 g/mol. The molecule has 0 amide bonds. The first kappa shape index (κ1) is 22.6. The van der Waals surface area contributed by atoms with Crippen LogP contribution in [0.15, 0.2) is 55.1 Å². The van der Waals surface area contributed by atoms with Gasteiger partial charge in [-0.15, -0.1) is 0 Å². The van der Waals surface area contributed by atoms with E-state index in [9.17, 15) is 10.1 Å². The molecule has 9 nitrogen and oxygen atoms in total. The van der Waals surface area contributed by atoms with Gasteiger partial charge < -0.3 is 24.0 Å². The van der Waals surface area contributed by atoms with Crippen LogP contribution >= 0.6 is 0 Å². The molecule has 0 bridgehead atoms. The Kier molecular flexibility index (Phi) is 6.46. The van der Waals surface area contributed by atoms with Crippen molar-refractivity contribution < 1.29 is 23.9 Å². The first-order chi connectivity index (χ1) is 17.2. The second kappa shape index (κ2) is 9.99. The molecule has 35 heavy (non-hydrogen) atoms. The normalized spacial score (nSPS) is 16.0. The van der Waals surface area contributed by atoms with E-state index < -0.39 is 11.9 Å². The topological polar surface area (TPSA) is 102 Å². The van der Waals surface area contributed by atoms with Gasteiger partial charge in [-0.3, -0.25) is 4.79 Å². The molecular formula is C26H26N5O4+. The number of quaternary nitrogens is 1. The molecule has 9 heteroatoms. The highest BCUT2D eigenvalue weighted by atomic mass is 16.7. The third kappa shape index (κ3) is 4.74. The summed E-state index contributed by atoms with van der Waals surface area (Å²) in [6, 6.07) is 15.6. The van der Waals surface area contributed by atoms with Crippen molar-refractivity contribution in [3.63, 3.8) is 0 Å². The van der Waals surface area contributed by atoms with Gasteiger partial charge in [0.05, 0.1) is 43.3 Å². The fraction of sp³-hybridized carbons (Fsp3) is 0.308. The van der Waals surface area contributed by atoms with Crippen LogP contribution in [0, 0.1) is 11.3 Å². The molecule has 178 valence electrons. The van der Waals surface area contributed by atoms with Gasteiger partial charge in [-0.1, -0.05) is 24.8 Å². The number of piperazine rings is 1. The van der Waals surface area contributed by atoms with E-state index in [4.69, 9.17) is 19.2 Å². The van der Waals surface area contributed by atoms with Crippen molar-refractivity contribution in [2.45, 2.75) is 12.5 Å². The lowest BCUT2D eigenvalue weighted by Crippen LogP contribution is -3.13. The van der Waals surface area contributed by atoms with Crippen LogP contribution in [0.3, 0.4) is 0 Å². The van der Waals surface area contributed by atoms with E-state index in [0.717, 1.165) is 49.7 Å². The van der Waals surface area contributed by atoms with E-state index in [0.29, 0.717) is 17.0 Å². The summed E-state index contributed by atoms with van der Waals surface area (Å²) in [5.41, 5.74) is 2.88. The summed E-state index contributed by atoms with van der Waals surface area (Å²) in [4.78, 5) is 25.7. The summed E-state index contributed by atoms with van der Waals surface area (Å²) in [6.07, 6.45) is 1.47. The van der Waals surface area contributed by atoms with Crippen molar-refractivity contribution in [3.8, 4) is 17.6 Å². The predicted octanol–water partition coefficient (Wildman–Crippen LogP) is 1.60. The van der Waals surface area contributed by atoms with Gasteiger partial charge in [-0.2, -0.15) is 5.26 Å². The summed E-state index contributed by atoms with van der Waals surface area (Å²) in [7, 11) is 0. The number of para-hydroxylation sites is 2. The van der Waals surface area contributed by atoms with Gasteiger partial charge in [0, 0.05) is 5.56 Å². The number of fused-ring (bicyclic) bond motifs is 2. The molecule has 1 saturated heterocycles. The lowest BCUT2D eigenvalue weighted by molar-refractivity contribution is -0.914. The number of hydrogen-bond acceptors (Lipinski definition) is 8. The molecule has 1 fully saturated rings. The van der Waals surface area contributed by atoms with E-state index in [1.165, 1.54) is 16.5 Å². The Morgan fingerprint density at radius 3 is 2.66 bits per heavy atom. The van der Waals surface area contributed by atoms with E-state index >= 15 is 0 Å². The van der Waals surface area contributed by atoms with Crippen molar-refractivity contribution >= 4 is 22.8 Å². The second-order valence-corrected chi connectivity index (χ2v) is 8.50. The molecule has 2 aromatic carbocycles. The largest absolute Gasteiger partial charge is 0.460 e. The zero-order valence-electron chi connectivity index (χ0n) is 19.3. The smallest absolute Gasteiger partial charge is 0.330 e. The van der Waals surface area contributed by atoms with Crippen LogP contribution in [-0.4, -0.2) is 55.5 Å². The Morgan fingerprint density at radius 1 is 1.17 bits per heavy atom. The molecule has 2 aliphatic heterocycles. The van der Waals surface area contributed by atoms with Gasteiger partial charge in [0.1, 0.15) is 18.8 Å². The lowest BCUT2D eigenvalue weighted by Gasteiger charge is -2.34. The highest BCUT2D eigenvalue weighted by Gasteiger charge is 2.32. The van der Waals surface area contributed by atoms with Crippen LogP contribution in [0.5, 0.6) is 11.5 Å². The van der Waals surface area contributed by atoms with Crippen LogP contribution < -0.4 is 19.3 Å². The number of carbonyl (C=O) groups is 1. The number of carbonyl (C=O) groups excluding carboxylic acids is 1. The van der Waals surface area contributed by atoms with Gasteiger partial charge in [-0.25, -0.2) is 9.97 Å². The maximum absolute atomic E-state index is 12.6. The number of ether oxygens (including phenoxy) is 3. The van der Waals surface area contributed by atoms with Gasteiger partial charge in [0.15, 0.2) is 23.2 Å². The molecule has 3 aromatic rings. The molecule has 2 aliphatic rings. The molecule has 0 spiro atoms. The molecule has 0 saturated carbocycles. The standard InChI is InChI=1S/C26H25N5O4/c1-2-13-33-26(32)19(15-27)24-25(29-21-6-4-3-5-20(21)28-24)31-11-9-30(10-12-31)16-18-7-8-22-23(14-18)35-17-34-22/h2-8,14,19H,1,9-13,16-17H2/p+1/t19-/m0/s1. The number of benzene rings is 2. The van der Waals surface area contributed by atoms with Gasteiger partial charge >= 0.3 is 5.97 Å². The molecule has 3 heterocycles. The molecule has 5 rings (SSSR count). The van der Waals surface area contributed by atoms with E-state index in [1.807, 2.05) is 36.4 Å². The molecule has 1 aromatic heterocycles. The van der Waals surface area contributed by atoms with Gasteiger partial charge in [0.25, 0.3) is 0 Å². The Bertz CT molecular complexity index is 1300. The maximum atomic E-state index is 12.6. The number of nitrogens with zero attached hydrogens (tertiary/aromatic N) is 4. The number of hydrogen-bond donors (Lipinski definition) is 1. The molecule has 0 unspecified atom stereocenters. The summed E-state index contributed by atoms with van der Waals surface area (Å²) < 4.78 is 16.1. The van der Waals surface area contributed by atoms with Crippen LogP contribution in [0.1, 0.15) is 17.2 Å². The molecular weight excluding hydrogens is 446 g/mol. The minimum atomic E-state index is -1.17. The van der Waals surface area contributed by atoms with Crippen molar-refractivity contribution in [1.82, 2.24) is 9.97 Å². The fourth-order valence-electron chi connectivity index (χ4n) is 4.43. The number of esters is 1.